The second kappa shape index (κ2) is 4.92. The zero-order valence-electron chi connectivity index (χ0n) is 7.58. The monoisotopic (exact) mass is 303 g/mol. The lowest BCUT2D eigenvalue weighted by Crippen LogP contribution is -1.99. The number of benzene rings is 1. The van der Waals surface area contributed by atoms with Crippen molar-refractivity contribution >= 4 is 44.0 Å². The number of halogens is 2. The molecule has 0 aliphatic rings. The Hall–Kier alpha value is -0.650. The third-order valence-corrected chi connectivity index (χ3v) is 3.31. The maximum atomic E-state index is 6.04. The summed E-state index contributed by atoms with van der Waals surface area (Å²) in [4.78, 5) is 0. The largest absolute Gasteiger partial charge is 0.356 e. The molecule has 0 unspecified atom stereocenters. The highest BCUT2D eigenvalue weighted by Crippen LogP contribution is 2.22. The van der Waals surface area contributed by atoms with E-state index >= 15 is 0 Å². The molecule has 1 aromatic carbocycles. The molecule has 1 heterocycles. The molecule has 1 N–H and O–H groups in total. The minimum absolute atomic E-state index is 0.646. The van der Waals surface area contributed by atoms with E-state index in [9.17, 15) is 0 Å². The highest BCUT2D eigenvalue weighted by atomic mass is 79.9. The van der Waals surface area contributed by atoms with Gasteiger partial charge >= 0.3 is 0 Å². The molecule has 78 valence electrons. The summed E-state index contributed by atoms with van der Waals surface area (Å²) in [5, 5.41) is 12.3. The van der Waals surface area contributed by atoms with Crippen LogP contribution in [0.3, 0.4) is 0 Å². The number of anilines is 1. The van der Waals surface area contributed by atoms with Crippen LogP contribution in [-0.2, 0) is 6.54 Å². The number of nitrogens with one attached hydrogen (secondary N) is 1. The maximum Gasteiger partial charge on any atom is 0.205 e. The fraction of sp³-hybridized carbons (Fsp3) is 0.111. The topological polar surface area (TPSA) is 37.8 Å². The summed E-state index contributed by atoms with van der Waals surface area (Å²) in [6.45, 7) is 0.646. The molecule has 0 radical (unpaired) electrons. The molecule has 6 heteroatoms. The van der Waals surface area contributed by atoms with E-state index in [1.54, 1.807) is 5.51 Å². The van der Waals surface area contributed by atoms with Gasteiger partial charge in [-0.2, -0.15) is 0 Å². The molecule has 0 fully saturated rings. The van der Waals surface area contributed by atoms with Gasteiger partial charge in [-0.1, -0.05) is 38.9 Å². The van der Waals surface area contributed by atoms with Crippen LogP contribution in [0.5, 0.6) is 0 Å². The molecule has 1 aromatic heterocycles. The minimum Gasteiger partial charge on any atom is -0.356 e. The third kappa shape index (κ3) is 2.90. The first kappa shape index (κ1) is 10.9. The van der Waals surface area contributed by atoms with Crippen LogP contribution in [0, 0.1) is 0 Å². The van der Waals surface area contributed by atoms with E-state index in [4.69, 9.17) is 11.6 Å². The molecule has 2 aromatic rings. The standard InChI is InChI=1S/C9H7BrClN3S/c10-7-1-2-8(11)6(3-7)4-12-9-14-13-5-15-9/h1-3,5H,4H2,(H,12,14). The molecular weight excluding hydrogens is 298 g/mol. The first-order valence-electron chi connectivity index (χ1n) is 4.19. The molecule has 0 saturated carbocycles. The fourth-order valence-corrected chi connectivity index (χ4v) is 2.14. The summed E-state index contributed by atoms with van der Waals surface area (Å²) in [7, 11) is 0. The van der Waals surface area contributed by atoms with Crippen molar-refractivity contribution in [1.29, 1.82) is 0 Å². The molecule has 3 nitrogen and oxygen atoms in total. The predicted octanol–water partition coefficient (Wildman–Crippen LogP) is 3.57. The van der Waals surface area contributed by atoms with Gasteiger partial charge in [0.2, 0.25) is 5.13 Å². The van der Waals surface area contributed by atoms with Crippen LogP contribution in [0.2, 0.25) is 5.02 Å². The summed E-state index contributed by atoms with van der Waals surface area (Å²) in [6, 6.07) is 5.76. The first-order chi connectivity index (χ1) is 7.25. The summed E-state index contributed by atoms with van der Waals surface area (Å²) in [5.74, 6) is 0. The SMILES string of the molecule is Clc1ccc(Br)cc1CNc1nncs1. The average molecular weight is 305 g/mol. The summed E-state index contributed by atoms with van der Waals surface area (Å²) >= 11 is 10.9. The molecule has 0 spiro atoms. The van der Waals surface area contributed by atoms with Crippen molar-refractivity contribution in [3.63, 3.8) is 0 Å². The first-order valence-corrected chi connectivity index (χ1v) is 6.25. The molecule has 0 bridgehead atoms. The van der Waals surface area contributed by atoms with Crippen LogP contribution in [0.4, 0.5) is 5.13 Å². The Bertz CT molecular complexity index is 447. The van der Waals surface area contributed by atoms with Crippen LogP contribution in [0.25, 0.3) is 0 Å². The van der Waals surface area contributed by atoms with Crippen molar-refractivity contribution in [3.8, 4) is 0 Å². The van der Waals surface area contributed by atoms with Crippen molar-refractivity contribution in [2.75, 3.05) is 5.32 Å². The quantitative estimate of drug-likeness (QED) is 0.942. The van der Waals surface area contributed by atoms with Crippen LogP contribution < -0.4 is 5.32 Å². The lowest BCUT2D eigenvalue weighted by Gasteiger charge is -2.05. The Morgan fingerprint density at radius 2 is 2.33 bits per heavy atom. The van der Waals surface area contributed by atoms with Crippen molar-refractivity contribution in [1.82, 2.24) is 10.2 Å². The van der Waals surface area contributed by atoms with Crippen molar-refractivity contribution in [3.05, 3.63) is 38.8 Å². The van der Waals surface area contributed by atoms with Gasteiger partial charge in [0, 0.05) is 16.0 Å². The minimum atomic E-state index is 0.646. The highest BCUT2D eigenvalue weighted by Gasteiger charge is 2.02. The molecule has 2 rings (SSSR count). The number of nitrogens with zero attached hydrogens (tertiary/aromatic N) is 2. The van der Waals surface area contributed by atoms with Gasteiger partial charge in [0.15, 0.2) is 0 Å². The van der Waals surface area contributed by atoms with Gasteiger partial charge in [0.25, 0.3) is 0 Å². The number of hydrogen-bond acceptors (Lipinski definition) is 4. The summed E-state index contributed by atoms with van der Waals surface area (Å²) in [5.41, 5.74) is 2.71. The third-order valence-electron chi connectivity index (χ3n) is 1.80. The Balaban J connectivity index is 2.07. The molecule has 0 amide bonds. The van der Waals surface area contributed by atoms with Crippen molar-refractivity contribution in [2.45, 2.75) is 6.54 Å². The Morgan fingerprint density at radius 1 is 1.47 bits per heavy atom. The highest BCUT2D eigenvalue weighted by molar-refractivity contribution is 9.10. The Kier molecular flexibility index (Phi) is 3.56. The zero-order valence-corrected chi connectivity index (χ0v) is 10.7. The van der Waals surface area contributed by atoms with Gasteiger partial charge in [0.05, 0.1) is 0 Å². The fourth-order valence-electron chi connectivity index (χ4n) is 1.10. The van der Waals surface area contributed by atoms with Crippen LogP contribution in [-0.4, -0.2) is 10.2 Å². The Morgan fingerprint density at radius 3 is 3.07 bits per heavy atom. The van der Waals surface area contributed by atoms with E-state index in [2.05, 4.69) is 31.4 Å². The normalized spacial score (nSPS) is 10.3. The number of aromatic nitrogens is 2. The van der Waals surface area contributed by atoms with E-state index < -0.39 is 0 Å². The smallest absolute Gasteiger partial charge is 0.205 e. The van der Waals surface area contributed by atoms with E-state index in [0.717, 1.165) is 20.2 Å². The maximum absolute atomic E-state index is 6.04. The zero-order chi connectivity index (χ0) is 10.7. The van der Waals surface area contributed by atoms with Crippen LogP contribution in [0.15, 0.2) is 28.2 Å². The molecular formula is C9H7BrClN3S. The van der Waals surface area contributed by atoms with Gasteiger partial charge in [-0.25, -0.2) is 0 Å². The van der Waals surface area contributed by atoms with Crippen LogP contribution in [0.1, 0.15) is 5.56 Å². The lowest BCUT2D eigenvalue weighted by molar-refractivity contribution is 1.05. The second-order valence-corrected chi connectivity index (χ2v) is 4.99. The van der Waals surface area contributed by atoms with Crippen molar-refractivity contribution in [2.24, 2.45) is 0 Å². The summed E-state index contributed by atoms with van der Waals surface area (Å²) < 4.78 is 1.01. The van der Waals surface area contributed by atoms with E-state index in [-0.39, 0.29) is 0 Å². The molecule has 0 atom stereocenters. The van der Waals surface area contributed by atoms with Gasteiger partial charge in [-0.15, -0.1) is 10.2 Å². The van der Waals surface area contributed by atoms with Gasteiger partial charge in [-0.3, -0.25) is 0 Å². The Labute approximate surface area is 105 Å². The van der Waals surface area contributed by atoms with E-state index in [1.165, 1.54) is 11.3 Å². The van der Waals surface area contributed by atoms with Gasteiger partial charge in [0.1, 0.15) is 5.51 Å². The van der Waals surface area contributed by atoms with E-state index in [1.807, 2.05) is 18.2 Å². The molecule has 15 heavy (non-hydrogen) atoms. The van der Waals surface area contributed by atoms with Gasteiger partial charge < -0.3 is 5.32 Å². The molecule has 0 saturated heterocycles. The van der Waals surface area contributed by atoms with Crippen LogP contribution >= 0.6 is 38.9 Å². The molecule has 0 aliphatic heterocycles. The average Bonchev–Trinajstić information content (AvgIpc) is 2.72. The second-order valence-electron chi connectivity index (χ2n) is 2.83. The van der Waals surface area contributed by atoms with E-state index in [0.29, 0.717) is 6.54 Å². The predicted molar refractivity (Wildman–Crippen MR) is 66.4 cm³/mol. The molecule has 0 aliphatic carbocycles. The lowest BCUT2D eigenvalue weighted by atomic mass is 10.2. The van der Waals surface area contributed by atoms with Crippen molar-refractivity contribution < 1.29 is 0 Å². The number of hydrogen-bond donors (Lipinski definition) is 1. The summed E-state index contributed by atoms with van der Waals surface area (Å²) in [6.07, 6.45) is 0. The number of rotatable bonds is 3. The van der Waals surface area contributed by atoms with Gasteiger partial charge in [-0.05, 0) is 23.8 Å².